The van der Waals surface area contributed by atoms with Crippen molar-refractivity contribution in [2.75, 3.05) is 7.11 Å². The van der Waals surface area contributed by atoms with Crippen LogP contribution in [0.15, 0.2) is 24.4 Å². The van der Waals surface area contributed by atoms with E-state index in [-0.39, 0.29) is 0 Å². The van der Waals surface area contributed by atoms with Crippen molar-refractivity contribution in [1.82, 2.24) is 0 Å². The second kappa shape index (κ2) is 3.26. The lowest BCUT2D eigenvalue weighted by atomic mass is 10.2. The van der Waals surface area contributed by atoms with Crippen molar-refractivity contribution in [3.63, 3.8) is 0 Å². The number of hydrogen-bond donors (Lipinski definition) is 0. The predicted octanol–water partition coefficient (Wildman–Crippen LogP) is -0.0671. The van der Waals surface area contributed by atoms with Crippen molar-refractivity contribution in [2.45, 2.75) is 12.2 Å². The van der Waals surface area contributed by atoms with Crippen molar-refractivity contribution in [3.05, 3.63) is 35.3 Å². The van der Waals surface area contributed by atoms with E-state index in [1.807, 2.05) is 0 Å². The van der Waals surface area contributed by atoms with E-state index in [0.717, 1.165) is 0 Å². The molecule has 2 rings (SSSR count). The molecule has 0 saturated carbocycles. The molecular formula is C9H9NO4. The first kappa shape index (κ1) is 8.96. The highest BCUT2D eigenvalue weighted by Crippen LogP contribution is 2.37. The van der Waals surface area contributed by atoms with Crippen LogP contribution in [0.25, 0.3) is 0 Å². The van der Waals surface area contributed by atoms with Gasteiger partial charge in [-0.15, -0.1) is 0 Å². The summed E-state index contributed by atoms with van der Waals surface area (Å²) in [5, 5.41) is 11.2. The third-order valence-electron chi connectivity index (χ3n) is 2.07. The highest BCUT2D eigenvalue weighted by Gasteiger charge is 2.51. The molecule has 0 unspecified atom stereocenters. The van der Waals surface area contributed by atoms with Crippen LogP contribution in [0.4, 0.5) is 0 Å². The van der Waals surface area contributed by atoms with Crippen molar-refractivity contribution >= 4 is 5.97 Å². The summed E-state index contributed by atoms with van der Waals surface area (Å²) in [6.07, 6.45) is 0.287. The molecule has 5 nitrogen and oxygen atoms in total. The number of epoxide rings is 1. The molecule has 0 spiro atoms. The summed E-state index contributed by atoms with van der Waals surface area (Å²) in [4.78, 5) is 11.0. The predicted molar refractivity (Wildman–Crippen MR) is 45.0 cm³/mol. The lowest BCUT2D eigenvalue weighted by Crippen LogP contribution is -2.31. The minimum atomic E-state index is -0.623. The van der Waals surface area contributed by atoms with E-state index in [0.29, 0.717) is 10.4 Å². The van der Waals surface area contributed by atoms with Crippen molar-refractivity contribution in [3.8, 4) is 0 Å². The van der Waals surface area contributed by atoms with E-state index >= 15 is 0 Å². The molecule has 1 aromatic heterocycles. The van der Waals surface area contributed by atoms with Gasteiger partial charge in [-0.2, -0.15) is 4.73 Å². The Hall–Kier alpha value is -1.62. The molecule has 1 aromatic rings. The number of pyridine rings is 1. The summed E-state index contributed by atoms with van der Waals surface area (Å²) < 4.78 is 10.2. The van der Waals surface area contributed by atoms with E-state index < -0.39 is 18.2 Å². The third kappa shape index (κ3) is 1.42. The van der Waals surface area contributed by atoms with Gasteiger partial charge in [0.25, 0.3) is 0 Å². The molecular weight excluding hydrogens is 186 g/mol. The number of aromatic nitrogens is 1. The van der Waals surface area contributed by atoms with Crippen LogP contribution in [0.1, 0.15) is 11.8 Å². The second-order valence-corrected chi connectivity index (χ2v) is 2.95. The zero-order chi connectivity index (χ0) is 10.1. The summed E-state index contributed by atoms with van der Waals surface area (Å²) in [5.74, 6) is -0.446. The fourth-order valence-electron chi connectivity index (χ4n) is 1.29. The van der Waals surface area contributed by atoms with Crippen LogP contribution in [0.2, 0.25) is 0 Å². The summed E-state index contributed by atoms with van der Waals surface area (Å²) in [6, 6.07) is 4.96. The van der Waals surface area contributed by atoms with E-state index in [1.54, 1.807) is 18.2 Å². The van der Waals surface area contributed by atoms with Crippen LogP contribution >= 0.6 is 0 Å². The van der Waals surface area contributed by atoms with Crippen LogP contribution in [0.5, 0.6) is 0 Å². The minimum Gasteiger partial charge on any atom is -0.618 e. The first-order chi connectivity index (χ1) is 6.74. The average Bonchev–Trinajstić information content (AvgIpc) is 2.97. The number of hydrogen-bond acceptors (Lipinski definition) is 4. The monoisotopic (exact) mass is 195 g/mol. The Kier molecular flexibility index (Phi) is 2.09. The highest BCUT2D eigenvalue weighted by atomic mass is 16.6. The molecule has 2 atom stereocenters. The minimum absolute atomic E-state index is 0.433. The van der Waals surface area contributed by atoms with Gasteiger partial charge in [0.2, 0.25) is 5.69 Å². The summed E-state index contributed by atoms with van der Waals surface area (Å²) in [5.41, 5.74) is 0.433. The number of nitrogens with zero attached hydrogens (tertiary/aromatic N) is 1. The van der Waals surface area contributed by atoms with Gasteiger partial charge in [0, 0.05) is 12.1 Å². The molecule has 2 heterocycles. The van der Waals surface area contributed by atoms with Crippen molar-refractivity contribution < 1.29 is 19.0 Å². The first-order valence-electron chi connectivity index (χ1n) is 4.15. The van der Waals surface area contributed by atoms with Crippen LogP contribution in [0, 0.1) is 5.21 Å². The third-order valence-corrected chi connectivity index (χ3v) is 2.07. The Morgan fingerprint density at radius 2 is 2.43 bits per heavy atom. The van der Waals surface area contributed by atoms with Gasteiger partial charge in [0.15, 0.2) is 18.4 Å². The number of carbonyl (C=O) groups is 1. The summed E-state index contributed by atoms with van der Waals surface area (Å²) in [6.45, 7) is 0. The van der Waals surface area contributed by atoms with E-state index in [1.165, 1.54) is 13.3 Å². The van der Waals surface area contributed by atoms with Gasteiger partial charge < -0.3 is 14.7 Å². The molecule has 1 aliphatic heterocycles. The Morgan fingerprint density at radius 3 is 3.07 bits per heavy atom. The standard InChI is InChI=1S/C9H9NO4/c1-13-9(11)8-7(14-8)6-4-2-3-5-10(6)12/h2-5,7-8H,1H3/t7-,8-/m0/s1. The lowest BCUT2D eigenvalue weighted by Gasteiger charge is -1.99. The smallest absolute Gasteiger partial charge is 0.338 e. The van der Waals surface area contributed by atoms with E-state index in [4.69, 9.17) is 4.74 Å². The number of esters is 1. The van der Waals surface area contributed by atoms with Crippen LogP contribution in [-0.2, 0) is 14.3 Å². The number of methoxy groups -OCH3 is 1. The van der Waals surface area contributed by atoms with E-state index in [2.05, 4.69) is 4.74 Å². The zero-order valence-corrected chi connectivity index (χ0v) is 7.54. The number of carbonyl (C=O) groups excluding carboxylic acids is 1. The normalized spacial score (nSPS) is 24.4. The quantitative estimate of drug-likeness (QED) is 0.287. The fourth-order valence-corrected chi connectivity index (χ4v) is 1.29. The molecule has 0 aliphatic carbocycles. The molecule has 14 heavy (non-hydrogen) atoms. The molecule has 1 aliphatic rings. The molecule has 0 amide bonds. The largest absolute Gasteiger partial charge is 0.618 e. The molecule has 1 fully saturated rings. The second-order valence-electron chi connectivity index (χ2n) is 2.95. The molecule has 0 aromatic carbocycles. The Labute approximate surface area is 80.5 Å². The van der Waals surface area contributed by atoms with Crippen molar-refractivity contribution in [1.29, 1.82) is 0 Å². The number of ether oxygens (including phenoxy) is 2. The van der Waals surface area contributed by atoms with Crippen molar-refractivity contribution in [2.24, 2.45) is 0 Å². The summed E-state index contributed by atoms with van der Waals surface area (Å²) >= 11 is 0. The van der Waals surface area contributed by atoms with Gasteiger partial charge in [0.05, 0.1) is 7.11 Å². The molecule has 0 N–H and O–H groups in total. The molecule has 0 bridgehead atoms. The topological polar surface area (TPSA) is 65.8 Å². The maximum absolute atomic E-state index is 11.2. The maximum atomic E-state index is 11.2. The van der Waals surface area contributed by atoms with Gasteiger partial charge in [0.1, 0.15) is 0 Å². The maximum Gasteiger partial charge on any atom is 0.338 e. The van der Waals surface area contributed by atoms with Crippen LogP contribution in [0.3, 0.4) is 0 Å². The van der Waals surface area contributed by atoms with Gasteiger partial charge in [-0.3, -0.25) is 0 Å². The summed E-state index contributed by atoms with van der Waals surface area (Å²) in [7, 11) is 1.29. The van der Waals surface area contributed by atoms with Gasteiger partial charge >= 0.3 is 5.97 Å². The Balaban J connectivity index is 2.13. The van der Waals surface area contributed by atoms with Crippen LogP contribution in [-0.4, -0.2) is 19.2 Å². The van der Waals surface area contributed by atoms with Crippen LogP contribution < -0.4 is 4.73 Å². The molecule has 74 valence electrons. The first-order valence-corrected chi connectivity index (χ1v) is 4.15. The van der Waals surface area contributed by atoms with E-state index in [9.17, 15) is 10.0 Å². The Morgan fingerprint density at radius 1 is 1.64 bits per heavy atom. The molecule has 1 saturated heterocycles. The highest BCUT2D eigenvalue weighted by molar-refractivity contribution is 5.78. The lowest BCUT2D eigenvalue weighted by molar-refractivity contribution is -0.615. The SMILES string of the molecule is COC(=O)[C@H]1O[C@H]1c1cccc[n+]1[O-]. The number of rotatable bonds is 2. The molecule has 5 heteroatoms. The van der Waals surface area contributed by atoms with Gasteiger partial charge in [-0.05, 0) is 6.07 Å². The Bertz CT molecular complexity index is 366. The fraction of sp³-hybridized carbons (Fsp3) is 0.333. The van der Waals surface area contributed by atoms with Gasteiger partial charge in [-0.1, -0.05) is 0 Å². The zero-order valence-electron chi connectivity index (χ0n) is 7.54. The average molecular weight is 195 g/mol. The molecule has 0 radical (unpaired) electrons. The van der Waals surface area contributed by atoms with Gasteiger partial charge in [-0.25, -0.2) is 4.79 Å².